The minimum Gasteiger partial charge on any atom is -0.351 e. The summed E-state index contributed by atoms with van der Waals surface area (Å²) >= 11 is 1.36. The lowest BCUT2D eigenvalue weighted by molar-refractivity contribution is 0.0957. The molecule has 1 heterocycles. The van der Waals surface area contributed by atoms with Gasteiger partial charge in [0.05, 0.1) is 4.88 Å². The van der Waals surface area contributed by atoms with Gasteiger partial charge in [0.1, 0.15) is 5.82 Å². The summed E-state index contributed by atoms with van der Waals surface area (Å²) in [6.07, 6.45) is 0.755. The molecule has 0 aliphatic rings. The lowest BCUT2D eigenvalue weighted by Gasteiger charge is -2.00. The minimum absolute atomic E-state index is 0. The van der Waals surface area contributed by atoms with Crippen LogP contribution in [0.5, 0.6) is 0 Å². The van der Waals surface area contributed by atoms with Crippen LogP contribution in [-0.2, 0) is 0 Å². The number of benzene rings is 1. The third-order valence-electron chi connectivity index (χ3n) is 2.37. The maximum absolute atomic E-state index is 13.0. The van der Waals surface area contributed by atoms with E-state index in [1.165, 1.54) is 23.5 Å². The summed E-state index contributed by atoms with van der Waals surface area (Å²) in [5, 5.41) is 3.54. The zero-order valence-electron chi connectivity index (χ0n) is 9.61. The van der Waals surface area contributed by atoms with Crippen molar-refractivity contribution < 1.29 is 9.18 Å². The van der Waals surface area contributed by atoms with Crippen LogP contribution in [-0.4, -0.2) is 19.0 Å². The molecule has 0 atom stereocenters. The monoisotopic (exact) mass is 288 g/mol. The molecule has 0 saturated carbocycles. The zero-order chi connectivity index (χ0) is 12.3. The topological polar surface area (TPSA) is 55.1 Å². The van der Waals surface area contributed by atoms with Gasteiger partial charge in [-0.1, -0.05) is 0 Å². The van der Waals surface area contributed by atoms with Crippen LogP contribution in [0.3, 0.4) is 0 Å². The second-order valence-electron chi connectivity index (χ2n) is 3.69. The van der Waals surface area contributed by atoms with Crippen LogP contribution in [0.15, 0.2) is 24.3 Å². The number of amides is 1. The Morgan fingerprint density at radius 2 is 2.17 bits per heavy atom. The van der Waals surface area contributed by atoms with E-state index in [-0.39, 0.29) is 24.1 Å². The van der Waals surface area contributed by atoms with Crippen LogP contribution in [0.4, 0.5) is 4.39 Å². The van der Waals surface area contributed by atoms with E-state index in [0.29, 0.717) is 18.0 Å². The average Bonchev–Trinajstić information content (AvgIpc) is 2.72. The van der Waals surface area contributed by atoms with Crippen molar-refractivity contribution in [2.24, 2.45) is 5.73 Å². The number of carbonyl (C=O) groups is 1. The van der Waals surface area contributed by atoms with Gasteiger partial charge in [-0.3, -0.25) is 4.79 Å². The van der Waals surface area contributed by atoms with Crippen LogP contribution in [0.2, 0.25) is 0 Å². The van der Waals surface area contributed by atoms with Gasteiger partial charge in [0, 0.05) is 11.2 Å². The number of nitrogens with one attached hydrogen (secondary N) is 1. The normalized spacial score (nSPS) is 10.1. The number of carbonyl (C=O) groups excluding carboxylic acids is 1. The molecular weight excluding hydrogens is 275 g/mol. The second kappa shape index (κ2) is 6.68. The molecule has 0 unspecified atom stereocenters. The Kier molecular flexibility index (Phi) is 5.53. The SMILES string of the molecule is Cl.NCCCNC(=O)c1cc2cc(F)ccc2s1. The van der Waals surface area contributed by atoms with E-state index in [2.05, 4.69) is 5.32 Å². The van der Waals surface area contributed by atoms with Crippen molar-refractivity contribution >= 4 is 39.7 Å². The largest absolute Gasteiger partial charge is 0.351 e. The fraction of sp³-hybridized carbons (Fsp3) is 0.250. The lowest BCUT2D eigenvalue weighted by Crippen LogP contribution is -2.25. The number of hydrogen-bond donors (Lipinski definition) is 2. The highest BCUT2D eigenvalue weighted by Gasteiger charge is 2.09. The van der Waals surface area contributed by atoms with E-state index in [1.54, 1.807) is 12.1 Å². The fourth-order valence-electron chi connectivity index (χ4n) is 1.52. The number of nitrogens with two attached hydrogens (primary N) is 1. The maximum Gasteiger partial charge on any atom is 0.261 e. The van der Waals surface area contributed by atoms with Gasteiger partial charge in [-0.05, 0) is 42.6 Å². The van der Waals surface area contributed by atoms with Gasteiger partial charge in [-0.15, -0.1) is 23.7 Å². The van der Waals surface area contributed by atoms with Gasteiger partial charge in [0.15, 0.2) is 0 Å². The molecular formula is C12H14ClFN2OS. The summed E-state index contributed by atoms with van der Waals surface area (Å²) in [5.41, 5.74) is 5.34. The minimum atomic E-state index is -0.287. The van der Waals surface area contributed by atoms with Crippen molar-refractivity contribution in [3.05, 3.63) is 35.0 Å². The molecule has 0 aliphatic heterocycles. The van der Waals surface area contributed by atoms with Crippen LogP contribution in [0, 0.1) is 5.82 Å². The Morgan fingerprint density at radius 1 is 1.39 bits per heavy atom. The van der Waals surface area contributed by atoms with Crippen molar-refractivity contribution in [3.63, 3.8) is 0 Å². The van der Waals surface area contributed by atoms with Crippen LogP contribution in [0.25, 0.3) is 10.1 Å². The van der Waals surface area contributed by atoms with E-state index in [1.807, 2.05) is 0 Å². The quantitative estimate of drug-likeness (QED) is 0.850. The van der Waals surface area contributed by atoms with Crippen LogP contribution < -0.4 is 11.1 Å². The first-order chi connectivity index (χ1) is 8.20. The van der Waals surface area contributed by atoms with E-state index in [9.17, 15) is 9.18 Å². The number of rotatable bonds is 4. The van der Waals surface area contributed by atoms with Gasteiger partial charge < -0.3 is 11.1 Å². The summed E-state index contributed by atoms with van der Waals surface area (Å²) in [6.45, 7) is 1.12. The lowest BCUT2D eigenvalue weighted by atomic mass is 10.2. The highest BCUT2D eigenvalue weighted by molar-refractivity contribution is 7.20. The fourth-order valence-corrected chi connectivity index (χ4v) is 2.48. The summed E-state index contributed by atoms with van der Waals surface area (Å²) in [7, 11) is 0. The Balaban J connectivity index is 0.00000162. The first-order valence-electron chi connectivity index (χ1n) is 5.38. The van der Waals surface area contributed by atoms with Gasteiger partial charge >= 0.3 is 0 Å². The predicted molar refractivity (Wildman–Crippen MR) is 75.0 cm³/mol. The Labute approximate surface area is 115 Å². The van der Waals surface area contributed by atoms with Gasteiger partial charge in [-0.2, -0.15) is 0 Å². The summed E-state index contributed by atoms with van der Waals surface area (Å²) in [6, 6.07) is 6.23. The summed E-state index contributed by atoms with van der Waals surface area (Å²) in [5.74, 6) is -0.412. The third-order valence-corrected chi connectivity index (χ3v) is 3.48. The molecule has 2 aromatic rings. The Hall–Kier alpha value is -1.17. The first kappa shape index (κ1) is 14.9. The molecule has 0 spiro atoms. The summed E-state index contributed by atoms with van der Waals surface area (Å²) < 4.78 is 13.9. The predicted octanol–water partition coefficient (Wildman–Crippen LogP) is 2.54. The van der Waals surface area contributed by atoms with E-state index >= 15 is 0 Å². The molecule has 1 amide bonds. The van der Waals surface area contributed by atoms with Crippen molar-refractivity contribution in [2.75, 3.05) is 13.1 Å². The standard InChI is InChI=1S/C12H13FN2OS.ClH/c13-9-2-3-10-8(6-9)7-11(17-10)12(16)15-5-1-4-14;/h2-3,6-7H,1,4-5,14H2,(H,15,16);1H. The first-order valence-corrected chi connectivity index (χ1v) is 6.20. The summed E-state index contributed by atoms with van der Waals surface area (Å²) in [4.78, 5) is 12.3. The maximum atomic E-state index is 13.0. The molecule has 0 aliphatic carbocycles. The van der Waals surface area contributed by atoms with E-state index in [4.69, 9.17) is 5.73 Å². The molecule has 1 aromatic carbocycles. The zero-order valence-corrected chi connectivity index (χ0v) is 11.2. The molecule has 98 valence electrons. The molecule has 0 bridgehead atoms. The van der Waals surface area contributed by atoms with E-state index < -0.39 is 0 Å². The molecule has 3 nitrogen and oxygen atoms in total. The number of hydrogen-bond acceptors (Lipinski definition) is 3. The van der Waals surface area contributed by atoms with Crippen molar-refractivity contribution in [3.8, 4) is 0 Å². The van der Waals surface area contributed by atoms with Gasteiger partial charge in [-0.25, -0.2) is 4.39 Å². The second-order valence-corrected chi connectivity index (χ2v) is 4.77. The third kappa shape index (κ3) is 3.41. The molecule has 6 heteroatoms. The smallest absolute Gasteiger partial charge is 0.261 e. The molecule has 18 heavy (non-hydrogen) atoms. The molecule has 0 saturated heterocycles. The number of fused-ring (bicyclic) bond motifs is 1. The number of thiophene rings is 1. The highest BCUT2D eigenvalue weighted by atomic mass is 35.5. The molecule has 0 radical (unpaired) electrons. The molecule has 0 fully saturated rings. The Morgan fingerprint density at radius 3 is 2.89 bits per heavy atom. The number of halogens is 2. The van der Waals surface area contributed by atoms with Crippen molar-refractivity contribution in [2.45, 2.75) is 6.42 Å². The van der Waals surface area contributed by atoms with Crippen molar-refractivity contribution in [1.82, 2.24) is 5.32 Å². The van der Waals surface area contributed by atoms with Crippen molar-refractivity contribution in [1.29, 1.82) is 0 Å². The molecule has 1 aromatic heterocycles. The van der Waals surface area contributed by atoms with Gasteiger partial charge in [0.25, 0.3) is 5.91 Å². The van der Waals surface area contributed by atoms with Crippen LogP contribution in [0.1, 0.15) is 16.1 Å². The highest BCUT2D eigenvalue weighted by Crippen LogP contribution is 2.26. The molecule has 3 N–H and O–H groups in total. The Bertz CT molecular complexity index is 544. The van der Waals surface area contributed by atoms with Crippen LogP contribution >= 0.6 is 23.7 Å². The van der Waals surface area contributed by atoms with E-state index in [0.717, 1.165) is 16.5 Å². The van der Waals surface area contributed by atoms with Gasteiger partial charge in [0.2, 0.25) is 0 Å². The average molecular weight is 289 g/mol. The molecule has 2 rings (SSSR count).